The van der Waals surface area contributed by atoms with Crippen LogP contribution < -0.4 is 5.73 Å². The topological polar surface area (TPSA) is 170 Å². The first-order valence-corrected chi connectivity index (χ1v) is 20.9. The maximum absolute atomic E-state index is 14.0. The van der Waals surface area contributed by atoms with Gasteiger partial charge in [-0.25, -0.2) is 13.9 Å². The molecule has 1 aromatic carbocycles. The summed E-state index contributed by atoms with van der Waals surface area (Å²) in [6.07, 6.45) is 23.7. The summed E-state index contributed by atoms with van der Waals surface area (Å²) in [6.45, 7) is 7.34. The van der Waals surface area contributed by atoms with Gasteiger partial charge in [-0.2, -0.15) is 10.4 Å². The lowest BCUT2D eigenvalue weighted by atomic mass is 10.1. The number of allylic oxidation sites excluding steroid dienone is 2. The summed E-state index contributed by atoms with van der Waals surface area (Å²) in [5, 5.41) is 19.0. The van der Waals surface area contributed by atoms with Crippen LogP contribution in [0.25, 0.3) is 5.52 Å². The SMILES string of the molecule is C=N.CCCCCCCC/C=C/CCCCCCCCOCC(COP(O)O[C@]1(C)CCC(c2ccc3c(N)ncnn23)O1)OCc1cc(F)cc(C#N)c1. The highest BCUT2D eigenvalue weighted by Gasteiger charge is 2.41. The third-order valence-electron chi connectivity index (χ3n) is 9.41. The third kappa shape index (κ3) is 17.1. The molecule has 0 spiro atoms. The minimum absolute atomic E-state index is 0.0188. The van der Waals surface area contributed by atoms with Gasteiger partial charge in [0.25, 0.3) is 0 Å². The van der Waals surface area contributed by atoms with Crippen LogP contribution in [-0.4, -0.2) is 57.9 Å². The molecule has 1 fully saturated rings. The Morgan fingerprint density at radius 2 is 1.76 bits per heavy atom. The molecule has 0 radical (unpaired) electrons. The van der Waals surface area contributed by atoms with Crippen molar-refractivity contribution in [2.75, 3.05) is 25.6 Å². The lowest BCUT2D eigenvalue weighted by molar-refractivity contribution is -0.167. The summed E-state index contributed by atoms with van der Waals surface area (Å²) in [5.74, 6) is -1.21. The zero-order chi connectivity index (χ0) is 39.7. The van der Waals surface area contributed by atoms with Crippen molar-refractivity contribution in [2.24, 2.45) is 0 Å². The van der Waals surface area contributed by atoms with Crippen LogP contribution in [0, 0.1) is 22.6 Å². The van der Waals surface area contributed by atoms with Gasteiger partial charge in [-0.1, -0.05) is 76.9 Å². The quantitative estimate of drug-likeness (QED) is 0.0293. The number of hydrogen-bond donors (Lipinski definition) is 3. The van der Waals surface area contributed by atoms with Gasteiger partial charge in [-0.05, 0) is 88.1 Å². The molecule has 0 bridgehead atoms. The molecule has 0 amide bonds. The van der Waals surface area contributed by atoms with Crippen molar-refractivity contribution in [3.63, 3.8) is 0 Å². The number of rotatable bonds is 27. The van der Waals surface area contributed by atoms with E-state index in [1.807, 2.05) is 18.2 Å². The van der Waals surface area contributed by atoms with Crippen LogP contribution in [0.4, 0.5) is 10.2 Å². The maximum atomic E-state index is 14.0. The van der Waals surface area contributed by atoms with Crippen LogP contribution >= 0.6 is 8.60 Å². The maximum Gasteiger partial charge on any atom is 0.332 e. The van der Waals surface area contributed by atoms with E-state index < -0.39 is 26.3 Å². The Labute approximate surface area is 328 Å². The molecule has 3 heterocycles. The van der Waals surface area contributed by atoms with E-state index in [-0.39, 0.29) is 31.5 Å². The van der Waals surface area contributed by atoms with Crippen LogP contribution in [0.1, 0.15) is 140 Å². The van der Waals surface area contributed by atoms with Crippen LogP contribution in [0.3, 0.4) is 0 Å². The molecule has 304 valence electrons. The average molecular weight is 785 g/mol. The molecule has 1 aliphatic heterocycles. The summed E-state index contributed by atoms with van der Waals surface area (Å²) >= 11 is 0. The van der Waals surface area contributed by atoms with E-state index in [0.717, 1.165) is 18.5 Å². The summed E-state index contributed by atoms with van der Waals surface area (Å²) in [4.78, 5) is 14.8. The van der Waals surface area contributed by atoms with Gasteiger partial charge in [0, 0.05) is 13.0 Å². The second kappa shape index (κ2) is 26.5. The minimum Gasteiger partial charge on any atom is -0.382 e. The normalized spacial score (nSPS) is 18.0. The first-order valence-electron chi connectivity index (χ1n) is 19.8. The molecule has 4 rings (SSSR count). The van der Waals surface area contributed by atoms with E-state index >= 15 is 0 Å². The highest BCUT2D eigenvalue weighted by atomic mass is 31.2. The van der Waals surface area contributed by atoms with Crippen molar-refractivity contribution in [3.8, 4) is 6.07 Å². The predicted molar refractivity (Wildman–Crippen MR) is 215 cm³/mol. The molecule has 4 N–H and O–H groups in total. The zero-order valence-corrected chi connectivity index (χ0v) is 33.7. The first kappa shape index (κ1) is 46.0. The summed E-state index contributed by atoms with van der Waals surface area (Å²) in [6, 6.07) is 9.80. The lowest BCUT2D eigenvalue weighted by Crippen LogP contribution is -2.28. The minimum atomic E-state index is -2.33. The molecule has 1 aliphatic rings. The number of fused-ring (bicyclic) bond motifs is 1. The Hall–Kier alpha value is -3.34. The van der Waals surface area contributed by atoms with Crippen molar-refractivity contribution in [2.45, 2.75) is 141 Å². The third-order valence-corrected chi connectivity index (χ3v) is 10.3. The van der Waals surface area contributed by atoms with Gasteiger partial charge in [0.05, 0.1) is 37.1 Å². The summed E-state index contributed by atoms with van der Waals surface area (Å²) < 4.78 is 45.6. The van der Waals surface area contributed by atoms with Crippen LogP contribution in [0.5, 0.6) is 0 Å². The molecule has 0 aliphatic carbocycles. The van der Waals surface area contributed by atoms with Gasteiger partial charge in [0.1, 0.15) is 29.9 Å². The second-order valence-corrected chi connectivity index (χ2v) is 14.9. The number of hydrogen-bond acceptors (Lipinski definition) is 11. The molecule has 3 unspecified atom stereocenters. The fourth-order valence-electron chi connectivity index (χ4n) is 6.47. The number of benzene rings is 1. The van der Waals surface area contributed by atoms with E-state index in [1.54, 1.807) is 17.5 Å². The number of nitrogen functional groups attached to an aromatic ring is 1. The molecule has 55 heavy (non-hydrogen) atoms. The highest BCUT2D eigenvalue weighted by molar-refractivity contribution is 7.40. The number of nitrogens with two attached hydrogens (primary N) is 1. The number of nitriles is 1. The smallest absolute Gasteiger partial charge is 0.332 e. The number of anilines is 1. The lowest BCUT2D eigenvalue weighted by Gasteiger charge is -2.27. The summed E-state index contributed by atoms with van der Waals surface area (Å²) in [7, 11) is -2.33. The van der Waals surface area contributed by atoms with Gasteiger partial charge in [0.15, 0.2) is 11.6 Å². The zero-order valence-electron chi connectivity index (χ0n) is 32.8. The van der Waals surface area contributed by atoms with E-state index in [9.17, 15) is 14.5 Å². The molecule has 0 saturated carbocycles. The van der Waals surface area contributed by atoms with E-state index in [0.29, 0.717) is 36.3 Å². The van der Waals surface area contributed by atoms with Crippen molar-refractivity contribution in [1.29, 1.82) is 10.7 Å². The van der Waals surface area contributed by atoms with Crippen molar-refractivity contribution in [1.82, 2.24) is 14.6 Å². The number of aromatic nitrogens is 3. The Kier molecular flexibility index (Phi) is 22.2. The molecule has 4 atom stereocenters. The Morgan fingerprint density at radius 3 is 2.47 bits per heavy atom. The Morgan fingerprint density at radius 1 is 1.07 bits per heavy atom. The van der Waals surface area contributed by atoms with Crippen LogP contribution in [0.2, 0.25) is 0 Å². The van der Waals surface area contributed by atoms with Gasteiger partial charge in [0.2, 0.25) is 0 Å². The molecule has 12 nitrogen and oxygen atoms in total. The van der Waals surface area contributed by atoms with Gasteiger partial charge in [-0.15, -0.1) is 0 Å². The van der Waals surface area contributed by atoms with E-state index in [1.165, 1.54) is 95.5 Å². The first-order chi connectivity index (χ1) is 26.8. The highest BCUT2D eigenvalue weighted by Crippen LogP contribution is 2.48. The van der Waals surface area contributed by atoms with E-state index in [2.05, 4.69) is 35.9 Å². The van der Waals surface area contributed by atoms with Crippen molar-refractivity contribution in [3.05, 3.63) is 71.4 Å². The largest absolute Gasteiger partial charge is 0.382 e. The number of halogens is 1. The number of nitrogens with one attached hydrogen (secondary N) is 1. The van der Waals surface area contributed by atoms with Gasteiger partial charge >= 0.3 is 8.60 Å². The van der Waals surface area contributed by atoms with Crippen LogP contribution in [-0.2, 0) is 29.9 Å². The van der Waals surface area contributed by atoms with Crippen molar-refractivity contribution >= 4 is 26.7 Å². The summed E-state index contributed by atoms with van der Waals surface area (Å²) in [5.41, 5.74) is 8.22. The molecular formula is C41H62FN6O6P. The number of nitrogens with zero attached hydrogens (tertiary/aromatic N) is 4. The average Bonchev–Trinajstić information content (AvgIpc) is 3.79. The number of unbranched alkanes of at least 4 members (excludes halogenated alkanes) is 12. The molecule has 2 aromatic heterocycles. The Bertz CT molecular complexity index is 1590. The monoisotopic (exact) mass is 784 g/mol. The second-order valence-electron chi connectivity index (χ2n) is 14.0. The van der Waals surface area contributed by atoms with Crippen molar-refractivity contribution < 1.29 is 32.5 Å². The van der Waals surface area contributed by atoms with E-state index in [4.69, 9.17) is 34.4 Å². The van der Waals surface area contributed by atoms with Gasteiger partial charge in [-0.3, -0.25) is 4.52 Å². The standard InChI is InChI=1S/C40H59FN5O6P.CH3N/c1-3-4-5-6-7-8-9-10-11-12-13-14-15-16-17-18-23-48-29-35(49-28-33-24-32(27-42)25-34(41)26-33)30-50-53(47)52-40(2)22-21-38(51-40)36-19-20-37-39(43)44-31-45-46(36)37;1-2/h10-11,19-20,24-26,31,35,38,47H,3-9,12-18,21-23,28-30H2,1-2H3,(H2,43,44,45);2H,1H2/b11-10+;/t35?,38?,40-,53?;/m1./s1. The fourth-order valence-corrected chi connectivity index (χ4v) is 7.28. The molecule has 14 heteroatoms. The predicted octanol–water partition coefficient (Wildman–Crippen LogP) is 10.0. The fraction of sp³-hybridized carbons (Fsp3) is 0.610. The van der Waals surface area contributed by atoms with Gasteiger partial charge < -0.3 is 34.8 Å². The molecule has 3 aromatic rings. The number of ether oxygens (including phenoxy) is 3. The molecular weight excluding hydrogens is 722 g/mol. The van der Waals surface area contributed by atoms with Crippen LogP contribution in [0.15, 0.2) is 48.8 Å². The molecule has 1 saturated heterocycles. The Balaban J connectivity index is 0.00000399.